The van der Waals surface area contributed by atoms with E-state index in [9.17, 15) is 0 Å². The van der Waals surface area contributed by atoms with Gasteiger partial charge in [0.1, 0.15) is 5.75 Å². The first-order valence-electron chi connectivity index (χ1n) is 7.30. The standard InChI is InChI=1S/C15H23BO3/c1-2-10-15(11-4-3-5-12-15)13-6-8-14(9-7-13)19-16(17)18/h6-9,17-18H,2-5,10-12H2,1H3. The second-order valence-electron chi connectivity index (χ2n) is 5.56. The first kappa shape index (κ1) is 14.4. The average Bonchev–Trinajstić information content (AvgIpc) is 2.40. The molecule has 0 aliphatic heterocycles. The predicted molar refractivity (Wildman–Crippen MR) is 76.9 cm³/mol. The SMILES string of the molecule is CCCC1(c2ccc(OB(O)O)cc2)CCCCC1. The quantitative estimate of drug-likeness (QED) is 0.802. The molecule has 2 N–H and O–H groups in total. The summed E-state index contributed by atoms with van der Waals surface area (Å²) < 4.78 is 4.86. The van der Waals surface area contributed by atoms with E-state index in [4.69, 9.17) is 14.7 Å². The molecule has 0 atom stereocenters. The van der Waals surface area contributed by atoms with Gasteiger partial charge in [-0.05, 0) is 42.4 Å². The van der Waals surface area contributed by atoms with Crippen LogP contribution in [0.15, 0.2) is 24.3 Å². The van der Waals surface area contributed by atoms with E-state index in [0.29, 0.717) is 11.2 Å². The summed E-state index contributed by atoms with van der Waals surface area (Å²) >= 11 is 0. The van der Waals surface area contributed by atoms with Crippen molar-refractivity contribution in [1.82, 2.24) is 0 Å². The third-order valence-corrected chi connectivity index (χ3v) is 4.25. The van der Waals surface area contributed by atoms with E-state index in [0.717, 1.165) is 0 Å². The fourth-order valence-corrected chi connectivity index (χ4v) is 3.40. The Morgan fingerprint density at radius 3 is 2.26 bits per heavy atom. The molecule has 2 rings (SSSR count). The monoisotopic (exact) mass is 262 g/mol. The van der Waals surface area contributed by atoms with Crippen LogP contribution in [0.1, 0.15) is 57.4 Å². The van der Waals surface area contributed by atoms with E-state index >= 15 is 0 Å². The third-order valence-electron chi connectivity index (χ3n) is 4.25. The van der Waals surface area contributed by atoms with Gasteiger partial charge < -0.3 is 14.7 Å². The molecule has 1 aliphatic rings. The van der Waals surface area contributed by atoms with Crippen molar-refractivity contribution in [2.45, 2.75) is 57.3 Å². The van der Waals surface area contributed by atoms with Gasteiger partial charge in [0, 0.05) is 0 Å². The zero-order chi connectivity index (χ0) is 13.7. The minimum absolute atomic E-state index is 0.323. The van der Waals surface area contributed by atoms with Crippen LogP contribution in [0.3, 0.4) is 0 Å². The second kappa shape index (κ2) is 6.44. The van der Waals surface area contributed by atoms with Crippen LogP contribution >= 0.6 is 0 Å². The van der Waals surface area contributed by atoms with E-state index in [1.807, 2.05) is 12.1 Å². The molecule has 1 aromatic rings. The Hall–Kier alpha value is -0.995. The molecule has 0 spiro atoms. The molecule has 0 heterocycles. The Labute approximate surface area is 115 Å². The topological polar surface area (TPSA) is 49.7 Å². The normalized spacial score (nSPS) is 18.1. The van der Waals surface area contributed by atoms with Crippen molar-refractivity contribution < 1.29 is 14.7 Å². The van der Waals surface area contributed by atoms with Gasteiger partial charge in [0.05, 0.1) is 0 Å². The molecule has 1 fully saturated rings. The van der Waals surface area contributed by atoms with E-state index < -0.39 is 7.32 Å². The maximum atomic E-state index is 8.79. The summed E-state index contributed by atoms with van der Waals surface area (Å²) in [6, 6.07) is 7.83. The Bertz CT molecular complexity index is 377. The highest BCUT2D eigenvalue weighted by molar-refractivity contribution is 6.33. The van der Waals surface area contributed by atoms with Crippen LogP contribution in [0.4, 0.5) is 0 Å². The summed E-state index contributed by atoms with van der Waals surface area (Å²) in [6.45, 7) is 2.25. The average molecular weight is 262 g/mol. The largest absolute Gasteiger partial charge is 0.707 e. The Morgan fingerprint density at radius 2 is 1.74 bits per heavy atom. The summed E-state index contributed by atoms with van der Waals surface area (Å²) in [5.74, 6) is 0.501. The third kappa shape index (κ3) is 3.51. The molecule has 1 aromatic carbocycles. The highest BCUT2D eigenvalue weighted by Crippen LogP contribution is 2.43. The maximum Gasteiger partial charge on any atom is 0.707 e. The molecule has 0 aromatic heterocycles. The Kier molecular flexibility index (Phi) is 4.89. The molecule has 0 saturated heterocycles. The molecule has 0 radical (unpaired) electrons. The molecule has 0 unspecified atom stereocenters. The molecular weight excluding hydrogens is 239 g/mol. The number of hydrogen-bond acceptors (Lipinski definition) is 3. The number of rotatable bonds is 5. The summed E-state index contributed by atoms with van der Waals surface area (Å²) in [4.78, 5) is 0. The highest BCUT2D eigenvalue weighted by atomic mass is 16.6. The molecule has 1 saturated carbocycles. The first-order valence-corrected chi connectivity index (χ1v) is 7.30. The van der Waals surface area contributed by atoms with Gasteiger partial charge in [0.25, 0.3) is 0 Å². The van der Waals surface area contributed by atoms with Gasteiger partial charge in [-0.2, -0.15) is 0 Å². The van der Waals surface area contributed by atoms with Crippen LogP contribution in [0.25, 0.3) is 0 Å². The van der Waals surface area contributed by atoms with Crippen LogP contribution in [-0.2, 0) is 5.41 Å². The lowest BCUT2D eigenvalue weighted by Gasteiger charge is -2.38. The highest BCUT2D eigenvalue weighted by Gasteiger charge is 2.32. The smallest absolute Gasteiger partial charge is 0.512 e. The van der Waals surface area contributed by atoms with Crippen molar-refractivity contribution in [3.63, 3.8) is 0 Å². The summed E-state index contributed by atoms with van der Waals surface area (Å²) in [7, 11) is -1.75. The van der Waals surface area contributed by atoms with Crippen molar-refractivity contribution >= 4 is 7.32 Å². The lowest BCUT2D eigenvalue weighted by molar-refractivity contribution is 0.271. The zero-order valence-corrected chi connectivity index (χ0v) is 11.6. The molecule has 1 aliphatic carbocycles. The first-order chi connectivity index (χ1) is 9.16. The van der Waals surface area contributed by atoms with Crippen LogP contribution < -0.4 is 4.65 Å². The van der Waals surface area contributed by atoms with Crippen LogP contribution in [0.5, 0.6) is 5.75 Å². The Morgan fingerprint density at radius 1 is 1.11 bits per heavy atom. The fraction of sp³-hybridized carbons (Fsp3) is 0.600. The number of hydrogen-bond donors (Lipinski definition) is 2. The lowest BCUT2D eigenvalue weighted by atomic mass is 9.67. The van der Waals surface area contributed by atoms with Crippen molar-refractivity contribution in [3.05, 3.63) is 29.8 Å². The Balaban J connectivity index is 2.17. The molecule has 0 amide bonds. The molecule has 19 heavy (non-hydrogen) atoms. The zero-order valence-electron chi connectivity index (χ0n) is 11.6. The van der Waals surface area contributed by atoms with Gasteiger partial charge in [-0.15, -0.1) is 0 Å². The van der Waals surface area contributed by atoms with Gasteiger partial charge in [-0.3, -0.25) is 0 Å². The van der Waals surface area contributed by atoms with Gasteiger partial charge in [0.2, 0.25) is 0 Å². The molecule has 104 valence electrons. The van der Waals surface area contributed by atoms with Crippen molar-refractivity contribution in [2.75, 3.05) is 0 Å². The van der Waals surface area contributed by atoms with Gasteiger partial charge in [-0.25, -0.2) is 0 Å². The molecule has 4 heteroatoms. The van der Waals surface area contributed by atoms with Crippen LogP contribution in [0, 0.1) is 0 Å². The minimum atomic E-state index is -1.75. The lowest BCUT2D eigenvalue weighted by Crippen LogP contribution is -2.29. The van der Waals surface area contributed by atoms with Gasteiger partial charge >= 0.3 is 7.32 Å². The van der Waals surface area contributed by atoms with Crippen LogP contribution in [-0.4, -0.2) is 17.4 Å². The van der Waals surface area contributed by atoms with E-state index in [1.165, 1.54) is 50.5 Å². The summed E-state index contributed by atoms with van der Waals surface area (Å²) in [6.07, 6.45) is 8.95. The van der Waals surface area contributed by atoms with E-state index in [2.05, 4.69) is 19.1 Å². The fourth-order valence-electron chi connectivity index (χ4n) is 3.40. The van der Waals surface area contributed by atoms with Gasteiger partial charge in [0.15, 0.2) is 0 Å². The van der Waals surface area contributed by atoms with Crippen molar-refractivity contribution in [2.24, 2.45) is 0 Å². The van der Waals surface area contributed by atoms with Crippen molar-refractivity contribution in [3.8, 4) is 5.75 Å². The maximum absolute atomic E-state index is 8.79. The second-order valence-corrected chi connectivity index (χ2v) is 5.56. The van der Waals surface area contributed by atoms with Crippen LogP contribution in [0.2, 0.25) is 0 Å². The minimum Gasteiger partial charge on any atom is -0.512 e. The van der Waals surface area contributed by atoms with E-state index in [-0.39, 0.29) is 0 Å². The summed E-state index contributed by atoms with van der Waals surface area (Å²) in [5.41, 5.74) is 1.69. The van der Waals surface area contributed by atoms with E-state index in [1.54, 1.807) is 0 Å². The molecular formula is C15H23BO3. The number of benzene rings is 1. The van der Waals surface area contributed by atoms with Crippen molar-refractivity contribution in [1.29, 1.82) is 0 Å². The predicted octanol–water partition coefficient (Wildman–Crippen LogP) is 3.04. The van der Waals surface area contributed by atoms with Gasteiger partial charge in [-0.1, -0.05) is 44.7 Å². The summed E-state index contributed by atoms with van der Waals surface area (Å²) in [5, 5.41) is 17.6. The molecule has 3 nitrogen and oxygen atoms in total. The molecule has 0 bridgehead atoms.